The maximum absolute atomic E-state index is 5.76. The van der Waals surface area contributed by atoms with Crippen LogP contribution in [0.15, 0.2) is 36.5 Å². The van der Waals surface area contributed by atoms with Gasteiger partial charge in [-0.05, 0) is 5.56 Å². The number of benzene rings is 1. The van der Waals surface area contributed by atoms with Crippen LogP contribution < -0.4 is 4.74 Å². The van der Waals surface area contributed by atoms with Crippen molar-refractivity contribution in [2.45, 2.75) is 12.5 Å². The van der Waals surface area contributed by atoms with Crippen LogP contribution in [0, 0.1) is 5.92 Å². The summed E-state index contributed by atoms with van der Waals surface area (Å²) >= 11 is 0. The van der Waals surface area contributed by atoms with Crippen molar-refractivity contribution in [2.75, 3.05) is 19.7 Å². The molecule has 1 N–H and O–H groups in total. The highest BCUT2D eigenvalue weighted by molar-refractivity contribution is 5.32. The van der Waals surface area contributed by atoms with Crippen molar-refractivity contribution in [2.24, 2.45) is 5.92 Å². The third kappa shape index (κ3) is 1.92. The molecule has 4 heteroatoms. The molecule has 0 bridgehead atoms. The molecule has 0 aliphatic carbocycles. The van der Waals surface area contributed by atoms with E-state index in [-0.39, 0.29) is 0 Å². The lowest BCUT2D eigenvalue weighted by Crippen LogP contribution is -2.24. The Kier molecular flexibility index (Phi) is 2.55. The fourth-order valence-electron chi connectivity index (χ4n) is 3.29. The van der Waals surface area contributed by atoms with Gasteiger partial charge in [0.15, 0.2) is 5.75 Å². The van der Waals surface area contributed by atoms with Gasteiger partial charge in [0, 0.05) is 31.5 Å². The molecular formula is C15H17N3O. The summed E-state index contributed by atoms with van der Waals surface area (Å²) in [7, 11) is 0. The third-order valence-corrected chi connectivity index (χ3v) is 4.22. The van der Waals surface area contributed by atoms with Gasteiger partial charge in [0.05, 0.1) is 18.5 Å². The van der Waals surface area contributed by atoms with Crippen LogP contribution in [0.3, 0.4) is 0 Å². The highest BCUT2D eigenvalue weighted by atomic mass is 16.5. The van der Waals surface area contributed by atoms with Gasteiger partial charge in [-0.2, -0.15) is 5.10 Å². The molecule has 0 unspecified atom stereocenters. The molecule has 1 fully saturated rings. The topological polar surface area (TPSA) is 41.1 Å². The number of ether oxygens (including phenoxy) is 1. The van der Waals surface area contributed by atoms with Crippen LogP contribution >= 0.6 is 0 Å². The van der Waals surface area contributed by atoms with Gasteiger partial charge in [-0.15, -0.1) is 0 Å². The number of hydrogen-bond acceptors (Lipinski definition) is 3. The second-order valence-electron chi connectivity index (χ2n) is 5.51. The summed E-state index contributed by atoms with van der Waals surface area (Å²) in [5.41, 5.74) is 2.57. The first-order valence-corrected chi connectivity index (χ1v) is 6.82. The highest BCUT2D eigenvalue weighted by Gasteiger charge is 2.39. The quantitative estimate of drug-likeness (QED) is 0.892. The predicted octanol–water partition coefficient (Wildman–Crippen LogP) is 2.02. The zero-order chi connectivity index (χ0) is 12.7. The molecule has 0 saturated carbocycles. The fraction of sp³-hybridized carbons (Fsp3) is 0.400. The van der Waals surface area contributed by atoms with Gasteiger partial charge in [0.2, 0.25) is 0 Å². The number of fused-ring (bicyclic) bond motifs is 3. The number of likely N-dealkylation sites (tertiary alicyclic amines) is 1. The molecule has 3 heterocycles. The van der Waals surface area contributed by atoms with Crippen LogP contribution in [-0.4, -0.2) is 34.8 Å². The predicted molar refractivity (Wildman–Crippen MR) is 72.0 cm³/mol. The monoisotopic (exact) mass is 255 g/mol. The Hall–Kier alpha value is -1.81. The maximum atomic E-state index is 5.76. The molecule has 2 aliphatic rings. The van der Waals surface area contributed by atoms with Crippen molar-refractivity contribution in [3.05, 3.63) is 47.8 Å². The lowest BCUT2D eigenvalue weighted by Gasteiger charge is -2.23. The van der Waals surface area contributed by atoms with E-state index in [0.717, 1.165) is 32.0 Å². The number of aromatic amines is 1. The Labute approximate surface area is 112 Å². The number of nitrogens with zero attached hydrogens (tertiary/aromatic N) is 2. The summed E-state index contributed by atoms with van der Waals surface area (Å²) in [6.45, 7) is 4.05. The Bertz CT molecular complexity index is 566. The van der Waals surface area contributed by atoms with E-state index in [2.05, 4.69) is 45.4 Å². The Morgan fingerprint density at radius 3 is 3.05 bits per heavy atom. The minimum absolute atomic E-state index is 0.551. The van der Waals surface area contributed by atoms with Gasteiger partial charge in [-0.1, -0.05) is 30.3 Å². The number of hydrogen-bond donors (Lipinski definition) is 1. The average Bonchev–Trinajstić information content (AvgIpc) is 3.04. The average molecular weight is 255 g/mol. The number of nitrogens with one attached hydrogen (secondary N) is 1. The summed E-state index contributed by atoms with van der Waals surface area (Å²) in [4.78, 5) is 2.52. The van der Waals surface area contributed by atoms with Gasteiger partial charge in [0.25, 0.3) is 0 Å². The molecule has 0 radical (unpaired) electrons. The highest BCUT2D eigenvalue weighted by Crippen LogP contribution is 2.40. The van der Waals surface area contributed by atoms with E-state index >= 15 is 0 Å². The summed E-state index contributed by atoms with van der Waals surface area (Å²) in [6.07, 6.45) is 1.80. The minimum atomic E-state index is 0.551. The van der Waals surface area contributed by atoms with Crippen molar-refractivity contribution in [3.8, 4) is 5.75 Å². The molecule has 4 rings (SSSR count). The van der Waals surface area contributed by atoms with Crippen LogP contribution in [0.5, 0.6) is 5.75 Å². The van der Waals surface area contributed by atoms with Crippen molar-refractivity contribution < 1.29 is 4.74 Å². The summed E-state index contributed by atoms with van der Waals surface area (Å²) in [5, 5.41) is 7.22. The largest absolute Gasteiger partial charge is 0.490 e. The Balaban J connectivity index is 1.52. The van der Waals surface area contributed by atoms with Crippen molar-refractivity contribution in [1.29, 1.82) is 0 Å². The summed E-state index contributed by atoms with van der Waals surface area (Å²) in [5.74, 6) is 2.09. The molecule has 0 spiro atoms. The van der Waals surface area contributed by atoms with Crippen LogP contribution in [0.25, 0.3) is 0 Å². The molecule has 2 aliphatic heterocycles. The van der Waals surface area contributed by atoms with Crippen LogP contribution in [0.2, 0.25) is 0 Å². The number of aromatic nitrogens is 2. The Morgan fingerprint density at radius 2 is 2.16 bits per heavy atom. The molecular weight excluding hydrogens is 238 g/mol. The van der Waals surface area contributed by atoms with E-state index in [4.69, 9.17) is 4.74 Å². The van der Waals surface area contributed by atoms with Crippen molar-refractivity contribution in [1.82, 2.24) is 15.1 Å². The zero-order valence-corrected chi connectivity index (χ0v) is 10.7. The zero-order valence-electron chi connectivity index (χ0n) is 10.7. The molecule has 19 heavy (non-hydrogen) atoms. The van der Waals surface area contributed by atoms with Gasteiger partial charge < -0.3 is 4.74 Å². The fourth-order valence-corrected chi connectivity index (χ4v) is 3.29. The standard InChI is InChI=1S/C15H17N3O/c1-2-4-11(5-3-1)7-18-8-12-10-19-14-6-16-17-15(14)13(12)9-18/h1-6,12-13H,7-10H2,(H,16,17)/t12-,13-/m1/s1. The molecule has 1 aromatic heterocycles. The SMILES string of the molecule is c1ccc(CN2C[C@@H]3COc4cn[nH]c4[C@@H]3C2)cc1. The van der Waals surface area contributed by atoms with Crippen molar-refractivity contribution >= 4 is 0 Å². The lowest BCUT2D eigenvalue weighted by molar-refractivity contribution is 0.211. The molecule has 98 valence electrons. The Morgan fingerprint density at radius 1 is 1.26 bits per heavy atom. The van der Waals surface area contributed by atoms with E-state index in [1.54, 1.807) is 6.20 Å². The first-order valence-electron chi connectivity index (χ1n) is 6.82. The number of rotatable bonds is 2. The van der Waals surface area contributed by atoms with Gasteiger partial charge in [0.1, 0.15) is 0 Å². The van der Waals surface area contributed by atoms with Gasteiger partial charge in [-0.3, -0.25) is 10.00 Å². The van der Waals surface area contributed by atoms with Crippen molar-refractivity contribution in [3.63, 3.8) is 0 Å². The van der Waals surface area contributed by atoms with E-state index in [1.165, 1.54) is 11.3 Å². The molecule has 4 nitrogen and oxygen atoms in total. The molecule has 1 saturated heterocycles. The maximum Gasteiger partial charge on any atom is 0.160 e. The molecule has 1 aromatic carbocycles. The van der Waals surface area contributed by atoms with E-state index in [1.807, 2.05) is 0 Å². The van der Waals surface area contributed by atoms with E-state index in [0.29, 0.717) is 11.8 Å². The number of H-pyrrole nitrogens is 1. The first kappa shape index (κ1) is 11.1. The van der Waals surface area contributed by atoms with Gasteiger partial charge >= 0.3 is 0 Å². The molecule has 0 amide bonds. The summed E-state index contributed by atoms with van der Waals surface area (Å²) < 4.78 is 5.76. The van der Waals surface area contributed by atoms with Crippen LogP contribution in [0.1, 0.15) is 17.2 Å². The van der Waals surface area contributed by atoms with Crippen LogP contribution in [0.4, 0.5) is 0 Å². The van der Waals surface area contributed by atoms with Gasteiger partial charge in [-0.25, -0.2) is 0 Å². The van der Waals surface area contributed by atoms with E-state index in [9.17, 15) is 0 Å². The second-order valence-corrected chi connectivity index (χ2v) is 5.51. The molecule has 2 atom stereocenters. The smallest absolute Gasteiger partial charge is 0.160 e. The molecule has 2 aromatic rings. The minimum Gasteiger partial charge on any atom is -0.490 e. The van der Waals surface area contributed by atoms with E-state index < -0.39 is 0 Å². The normalized spacial score (nSPS) is 25.7. The summed E-state index contributed by atoms with van der Waals surface area (Å²) in [6, 6.07) is 10.7. The second kappa shape index (κ2) is 4.38. The first-order chi connectivity index (χ1) is 9.40. The van der Waals surface area contributed by atoms with Crippen LogP contribution in [-0.2, 0) is 6.54 Å². The third-order valence-electron chi connectivity index (χ3n) is 4.22. The lowest BCUT2D eigenvalue weighted by atomic mass is 9.91.